The largest absolute Gasteiger partial charge is 0.388 e. The van der Waals surface area contributed by atoms with Gasteiger partial charge < -0.3 is 5.11 Å². The summed E-state index contributed by atoms with van der Waals surface area (Å²) in [5.41, 5.74) is 2.59. The van der Waals surface area contributed by atoms with Crippen LogP contribution in [0.4, 0.5) is 0 Å². The molecule has 2 aromatic carbocycles. The van der Waals surface area contributed by atoms with Gasteiger partial charge in [0.1, 0.15) is 6.29 Å². The van der Waals surface area contributed by atoms with Crippen molar-refractivity contribution in [2.75, 3.05) is 0 Å². The Labute approximate surface area is 101 Å². The molecule has 0 aliphatic carbocycles. The van der Waals surface area contributed by atoms with E-state index >= 15 is 0 Å². The van der Waals surface area contributed by atoms with Gasteiger partial charge in [0, 0.05) is 12.0 Å². The quantitative estimate of drug-likeness (QED) is 0.814. The van der Waals surface area contributed by atoms with E-state index in [9.17, 15) is 9.90 Å². The number of aldehydes is 1. The van der Waals surface area contributed by atoms with Crippen LogP contribution in [-0.4, -0.2) is 11.4 Å². The van der Waals surface area contributed by atoms with Gasteiger partial charge in [-0.3, -0.25) is 4.79 Å². The first-order chi connectivity index (χ1) is 8.29. The molecule has 2 nitrogen and oxygen atoms in total. The van der Waals surface area contributed by atoms with Crippen molar-refractivity contribution in [2.24, 2.45) is 0 Å². The SMILES string of the molecule is O=Cc1ccc(CC(O)c2ccccc2)cc1. The van der Waals surface area contributed by atoms with E-state index in [-0.39, 0.29) is 0 Å². The Kier molecular flexibility index (Phi) is 3.68. The second-order valence-electron chi connectivity index (χ2n) is 3.99. The van der Waals surface area contributed by atoms with Crippen LogP contribution in [0.5, 0.6) is 0 Å². The molecule has 0 aliphatic rings. The van der Waals surface area contributed by atoms with Crippen molar-refractivity contribution < 1.29 is 9.90 Å². The lowest BCUT2D eigenvalue weighted by Gasteiger charge is -2.10. The van der Waals surface area contributed by atoms with Crippen molar-refractivity contribution in [3.8, 4) is 0 Å². The highest BCUT2D eigenvalue weighted by Crippen LogP contribution is 2.17. The molecule has 17 heavy (non-hydrogen) atoms. The Morgan fingerprint density at radius 2 is 1.65 bits per heavy atom. The standard InChI is InChI=1S/C15H14O2/c16-11-13-8-6-12(7-9-13)10-15(17)14-4-2-1-3-5-14/h1-9,11,15,17H,10H2. The molecule has 0 radical (unpaired) electrons. The van der Waals surface area contributed by atoms with Gasteiger partial charge in [-0.1, -0.05) is 54.6 Å². The molecule has 0 saturated heterocycles. The number of hydrogen-bond acceptors (Lipinski definition) is 2. The fourth-order valence-corrected chi connectivity index (χ4v) is 1.75. The smallest absolute Gasteiger partial charge is 0.150 e. The van der Waals surface area contributed by atoms with Crippen LogP contribution >= 0.6 is 0 Å². The van der Waals surface area contributed by atoms with E-state index in [4.69, 9.17) is 0 Å². The van der Waals surface area contributed by atoms with Crippen molar-refractivity contribution in [3.05, 3.63) is 71.3 Å². The summed E-state index contributed by atoms with van der Waals surface area (Å²) in [6.45, 7) is 0. The molecule has 86 valence electrons. The van der Waals surface area contributed by atoms with E-state index in [2.05, 4.69) is 0 Å². The molecule has 0 heterocycles. The molecule has 0 bridgehead atoms. The van der Waals surface area contributed by atoms with Gasteiger partial charge in [-0.25, -0.2) is 0 Å². The molecule has 0 saturated carbocycles. The van der Waals surface area contributed by atoms with E-state index in [0.29, 0.717) is 12.0 Å². The minimum Gasteiger partial charge on any atom is -0.388 e. The molecule has 2 heteroatoms. The molecular weight excluding hydrogens is 212 g/mol. The Bertz CT molecular complexity index is 474. The van der Waals surface area contributed by atoms with Crippen molar-refractivity contribution in [1.29, 1.82) is 0 Å². The molecule has 1 N–H and O–H groups in total. The average molecular weight is 226 g/mol. The Balaban J connectivity index is 2.07. The van der Waals surface area contributed by atoms with Crippen LogP contribution in [0.25, 0.3) is 0 Å². The molecule has 2 rings (SSSR count). The van der Waals surface area contributed by atoms with Gasteiger partial charge in [-0.2, -0.15) is 0 Å². The zero-order valence-corrected chi connectivity index (χ0v) is 9.41. The van der Waals surface area contributed by atoms with E-state index in [1.807, 2.05) is 42.5 Å². The average Bonchev–Trinajstić information content (AvgIpc) is 2.40. The summed E-state index contributed by atoms with van der Waals surface area (Å²) in [7, 11) is 0. The van der Waals surface area contributed by atoms with Crippen LogP contribution in [0.2, 0.25) is 0 Å². The second kappa shape index (κ2) is 5.41. The summed E-state index contributed by atoms with van der Waals surface area (Å²) in [4.78, 5) is 10.5. The Morgan fingerprint density at radius 3 is 2.24 bits per heavy atom. The third-order valence-corrected chi connectivity index (χ3v) is 2.73. The van der Waals surface area contributed by atoms with E-state index < -0.39 is 6.10 Å². The maximum atomic E-state index is 10.5. The molecule has 2 aromatic rings. The number of rotatable bonds is 4. The lowest BCUT2D eigenvalue weighted by atomic mass is 10.0. The van der Waals surface area contributed by atoms with Gasteiger partial charge in [0.25, 0.3) is 0 Å². The first-order valence-electron chi connectivity index (χ1n) is 5.57. The van der Waals surface area contributed by atoms with Crippen molar-refractivity contribution in [1.82, 2.24) is 0 Å². The monoisotopic (exact) mass is 226 g/mol. The molecule has 0 amide bonds. The minimum atomic E-state index is -0.502. The van der Waals surface area contributed by atoms with Gasteiger partial charge in [-0.15, -0.1) is 0 Å². The molecular formula is C15H14O2. The van der Waals surface area contributed by atoms with Crippen LogP contribution in [0.15, 0.2) is 54.6 Å². The van der Waals surface area contributed by atoms with Crippen LogP contribution in [-0.2, 0) is 6.42 Å². The number of benzene rings is 2. The zero-order valence-electron chi connectivity index (χ0n) is 9.41. The van der Waals surface area contributed by atoms with Crippen molar-refractivity contribution in [3.63, 3.8) is 0 Å². The number of aliphatic hydroxyl groups is 1. The molecule has 0 aromatic heterocycles. The van der Waals surface area contributed by atoms with Gasteiger partial charge in [0.05, 0.1) is 6.10 Å². The fourth-order valence-electron chi connectivity index (χ4n) is 1.75. The van der Waals surface area contributed by atoms with E-state index in [0.717, 1.165) is 17.4 Å². The number of carbonyl (C=O) groups excluding carboxylic acids is 1. The number of aliphatic hydroxyl groups excluding tert-OH is 1. The maximum absolute atomic E-state index is 10.5. The van der Waals surface area contributed by atoms with Gasteiger partial charge in [0.15, 0.2) is 0 Å². The van der Waals surface area contributed by atoms with Crippen LogP contribution in [0.3, 0.4) is 0 Å². The Morgan fingerprint density at radius 1 is 1.00 bits per heavy atom. The topological polar surface area (TPSA) is 37.3 Å². The van der Waals surface area contributed by atoms with Gasteiger partial charge in [0.2, 0.25) is 0 Å². The van der Waals surface area contributed by atoms with Gasteiger partial charge in [-0.05, 0) is 11.1 Å². The first kappa shape index (κ1) is 11.6. The highest BCUT2D eigenvalue weighted by atomic mass is 16.3. The second-order valence-corrected chi connectivity index (χ2v) is 3.99. The predicted molar refractivity (Wildman–Crippen MR) is 66.9 cm³/mol. The third kappa shape index (κ3) is 3.02. The summed E-state index contributed by atoms with van der Waals surface area (Å²) in [5.74, 6) is 0. The number of hydrogen-bond donors (Lipinski definition) is 1. The summed E-state index contributed by atoms with van der Waals surface area (Å²) < 4.78 is 0. The number of carbonyl (C=O) groups is 1. The fraction of sp³-hybridized carbons (Fsp3) is 0.133. The summed E-state index contributed by atoms with van der Waals surface area (Å²) in [5, 5.41) is 10.0. The summed E-state index contributed by atoms with van der Waals surface area (Å²) >= 11 is 0. The van der Waals surface area contributed by atoms with Crippen molar-refractivity contribution >= 4 is 6.29 Å². The van der Waals surface area contributed by atoms with Crippen molar-refractivity contribution in [2.45, 2.75) is 12.5 Å². The lowest BCUT2D eigenvalue weighted by Crippen LogP contribution is -2.01. The Hall–Kier alpha value is -1.93. The van der Waals surface area contributed by atoms with Crippen LogP contribution < -0.4 is 0 Å². The molecule has 1 atom stereocenters. The highest BCUT2D eigenvalue weighted by molar-refractivity contribution is 5.74. The molecule has 0 spiro atoms. The molecule has 1 unspecified atom stereocenters. The highest BCUT2D eigenvalue weighted by Gasteiger charge is 2.07. The van der Waals surface area contributed by atoms with Crippen LogP contribution in [0.1, 0.15) is 27.6 Å². The van der Waals surface area contributed by atoms with E-state index in [1.54, 1.807) is 12.1 Å². The summed E-state index contributed by atoms with van der Waals surface area (Å²) in [6, 6.07) is 16.8. The zero-order chi connectivity index (χ0) is 12.1. The summed E-state index contributed by atoms with van der Waals surface area (Å²) in [6.07, 6.45) is 0.874. The predicted octanol–water partition coefficient (Wildman–Crippen LogP) is 2.78. The van der Waals surface area contributed by atoms with E-state index in [1.165, 1.54) is 0 Å². The maximum Gasteiger partial charge on any atom is 0.150 e. The minimum absolute atomic E-state index is 0.502. The first-order valence-corrected chi connectivity index (χ1v) is 5.57. The van der Waals surface area contributed by atoms with Crippen LogP contribution in [0, 0.1) is 0 Å². The van der Waals surface area contributed by atoms with Gasteiger partial charge >= 0.3 is 0 Å². The normalized spacial score (nSPS) is 12.1. The third-order valence-electron chi connectivity index (χ3n) is 2.73. The molecule has 0 aliphatic heterocycles. The molecule has 0 fully saturated rings. The lowest BCUT2D eigenvalue weighted by molar-refractivity contribution is 0.112.